The van der Waals surface area contributed by atoms with Gasteiger partial charge in [-0.25, -0.2) is 0 Å². The molecule has 1 aliphatic rings. The second-order valence-electron chi connectivity index (χ2n) is 8.94. The van der Waals surface area contributed by atoms with Crippen LogP contribution in [0.2, 0.25) is 18.1 Å². The molecule has 1 fully saturated rings. The first-order valence-corrected chi connectivity index (χ1v) is 12.9. The zero-order chi connectivity index (χ0) is 18.2. The molecule has 140 valence electrons. The molecule has 0 unspecified atom stereocenters. The van der Waals surface area contributed by atoms with Crippen molar-refractivity contribution in [1.29, 1.82) is 0 Å². The van der Waals surface area contributed by atoms with Crippen molar-refractivity contribution < 1.29 is 4.43 Å². The molecule has 0 saturated heterocycles. The predicted molar refractivity (Wildman–Crippen MR) is 111 cm³/mol. The van der Waals surface area contributed by atoms with Crippen molar-refractivity contribution in [1.82, 2.24) is 0 Å². The summed E-state index contributed by atoms with van der Waals surface area (Å²) in [6, 6.07) is 0.580. The average molecular weight is 352 g/mol. The quantitative estimate of drug-likeness (QED) is 0.255. The Morgan fingerprint density at radius 2 is 1.83 bits per heavy atom. The summed E-state index contributed by atoms with van der Waals surface area (Å²) in [5.41, 5.74) is 1.42. The number of aliphatic imine (C=N–C) groups is 1. The first-order chi connectivity index (χ1) is 11.2. The Kier molecular flexibility index (Phi) is 8.93. The van der Waals surface area contributed by atoms with Gasteiger partial charge in [-0.1, -0.05) is 52.5 Å². The lowest BCUT2D eigenvalue weighted by Gasteiger charge is -2.42. The summed E-state index contributed by atoms with van der Waals surface area (Å²) in [6.45, 7) is 17.2. The molecule has 0 radical (unpaired) electrons. The SMILES string of the molecule is C/C(=C\C=NC1CCCCC1)CCCO[Si](C)(C)C(C)(C)C(C)C. The van der Waals surface area contributed by atoms with Gasteiger partial charge >= 0.3 is 0 Å². The molecule has 1 rings (SSSR count). The number of hydrogen-bond donors (Lipinski definition) is 0. The van der Waals surface area contributed by atoms with Gasteiger partial charge in [0.2, 0.25) is 0 Å². The van der Waals surface area contributed by atoms with Crippen LogP contribution in [0.5, 0.6) is 0 Å². The highest BCUT2D eigenvalue weighted by Crippen LogP contribution is 2.44. The Morgan fingerprint density at radius 1 is 1.21 bits per heavy atom. The standard InChI is InChI=1S/C21H41NOSi/c1-18(2)21(4,5)24(6,7)23-17-11-12-19(3)15-16-22-20-13-9-8-10-14-20/h15-16,18,20H,8-14,17H2,1-7H3/b19-15+,22-16?. The summed E-state index contributed by atoms with van der Waals surface area (Å²) < 4.78 is 6.38. The molecule has 0 bridgehead atoms. The second-order valence-corrected chi connectivity index (χ2v) is 13.5. The van der Waals surface area contributed by atoms with Crippen LogP contribution < -0.4 is 0 Å². The summed E-state index contributed by atoms with van der Waals surface area (Å²) in [5.74, 6) is 0.664. The molecule has 0 aromatic carbocycles. The lowest BCUT2D eigenvalue weighted by molar-refractivity contribution is 0.262. The molecular formula is C21H41NOSi. The van der Waals surface area contributed by atoms with Gasteiger partial charge < -0.3 is 4.43 Å². The van der Waals surface area contributed by atoms with Crippen molar-refractivity contribution in [2.75, 3.05) is 6.61 Å². The normalized spacial score (nSPS) is 18.8. The number of hydrogen-bond acceptors (Lipinski definition) is 2. The largest absolute Gasteiger partial charge is 0.417 e. The van der Waals surface area contributed by atoms with Crippen LogP contribution in [0.1, 0.15) is 79.6 Å². The van der Waals surface area contributed by atoms with Gasteiger partial charge in [-0.05, 0) is 62.7 Å². The van der Waals surface area contributed by atoms with Crippen LogP contribution in [-0.2, 0) is 4.43 Å². The molecule has 0 aromatic rings. The predicted octanol–water partition coefficient (Wildman–Crippen LogP) is 6.77. The Hall–Kier alpha value is -0.413. The fourth-order valence-corrected chi connectivity index (χ4v) is 5.58. The van der Waals surface area contributed by atoms with E-state index in [2.05, 4.69) is 53.8 Å². The molecule has 0 amide bonds. The van der Waals surface area contributed by atoms with E-state index in [9.17, 15) is 0 Å². The Labute approximate surface area is 152 Å². The van der Waals surface area contributed by atoms with Crippen LogP contribution in [0.4, 0.5) is 0 Å². The third kappa shape index (κ3) is 6.83. The summed E-state index contributed by atoms with van der Waals surface area (Å²) in [7, 11) is -1.66. The van der Waals surface area contributed by atoms with Crippen LogP contribution in [0.15, 0.2) is 16.6 Å². The second kappa shape index (κ2) is 9.91. The highest BCUT2D eigenvalue weighted by molar-refractivity contribution is 6.74. The van der Waals surface area contributed by atoms with E-state index < -0.39 is 8.32 Å². The number of rotatable bonds is 9. The van der Waals surface area contributed by atoms with E-state index in [0.717, 1.165) is 19.4 Å². The molecule has 3 heteroatoms. The van der Waals surface area contributed by atoms with Crippen LogP contribution in [0, 0.1) is 5.92 Å². The first-order valence-electron chi connectivity index (χ1n) is 9.99. The fraction of sp³-hybridized carbons (Fsp3) is 0.857. The van der Waals surface area contributed by atoms with E-state index in [4.69, 9.17) is 9.42 Å². The van der Waals surface area contributed by atoms with Crippen molar-refractivity contribution in [3.05, 3.63) is 11.6 Å². The van der Waals surface area contributed by atoms with Gasteiger partial charge in [-0.2, -0.15) is 0 Å². The maximum absolute atomic E-state index is 6.38. The van der Waals surface area contributed by atoms with E-state index in [1.807, 2.05) is 6.21 Å². The van der Waals surface area contributed by atoms with Gasteiger partial charge in [0, 0.05) is 18.9 Å². The van der Waals surface area contributed by atoms with Crippen LogP contribution >= 0.6 is 0 Å². The van der Waals surface area contributed by atoms with Gasteiger partial charge in [0.15, 0.2) is 8.32 Å². The van der Waals surface area contributed by atoms with Gasteiger partial charge in [-0.15, -0.1) is 0 Å². The van der Waals surface area contributed by atoms with Crippen molar-refractivity contribution >= 4 is 14.5 Å². The minimum absolute atomic E-state index is 0.310. The van der Waals surface area contributed by atoms with Gasteiger partial charge in [0.25, 0.3) is 0 Å². The zero-order valence-corrected chi connectivity index (χ0v) is 18.3. The lowest BCUT2D eigenvalue weighted by Crippen LogP contribution is -2.45. The summed E-state index contributed by atoms with van der Waals surface area (Å²) in [5, 5.41) is 0.310. The third-order valence-corrected chi connectivity index (χ3v) is 11.0. The fourth-order valence-electron chi connectivity index (χ4n) is 3.16. The van der Waals surface area contributed by atoms with Crippen LogP contribution in [-0.4, -0.2) is 27.2 Å². The zero-order valence-electron chi connectivity index (χ0n) is 17.3. The molecular weight excluding hydrogens is 310 g/mol. The highest BCUT2D eigenvalue weighted by Gasteiger charge is 2.42. The molecule has 0 heterocycles. The summed E-state index contributed by atoms with van der Waals surface area (Å²) in [6.07, 6.45) is 13.2. The summed E-state index contributed by atoms with van der Waals surface area (Å²) >= 11 is 0. The molecule has 0 spiro atoms. The number of allylic oxidation sites excluding steroid dienone is 2. The van der Waals surface area contributed by atoms with Gasteiger partial charge in [0.05, 0.1) is 0 Å². The summed E-state index contributed by atoms with van der Waals surface area (Å²) in [4.78, 5) is 4.72. The van der Waals surface area contributed by atoms with E-state index in [1.165, 1.54) is 37.7 Å². The molecule has 1 saturated carbocycles. The van der Waals surface area contributed by atoms with Crippen molar-refractivity contribution in [2.45, 2.75) is 104 Å². The van der Waals surface area contributed by atoms with Gasteiger partial charge in [-0.3, -0.25) is 4.99 Å². The maximum atomic E-state index is 6.38. The Balaban J connectivity index is 2.30. The maximum Gasteiger partial charge on any atom is 0.192 e. The van der Waals surface area contributed by atoms with Gasteiger partial charge in [0.1, 0.15) is 0 Å². The molecule has 0 aromatic heterocycles. The van der Waals surface area contributed by atoms with E-state index >= 15 is 0 Å². The Bertz CT molecular complexity index is 418. The first kappa shape index (κ1) is 21.6. The molecule has 0 aliphatic heterocycles. The van der Waals surface area contributed by atoms with E-state index in [-0.39, 0.29) is 0 Å². The minimum atomic E-state index is -1.66. The monoisotopic (exact) mass is 351 g/mol. The average Bonchev–Trinajstić information content (AvgIpc) is 2.52. The third-order valence-electron chi connectivity index (χ3n) is 6.40. The molecule has 24 heavy (non-hydrogen) atoms. The Morgan fingerprint density at radius 3 is 2.42 bits per heavy atom. The molecule has 0 N–H and O–H groups in total. The minimum Gasteiger partial charge on any atom is -0.417 e. The molecule has 2 nitrogen and oxygen atoms in total. The van der Waals surface area contributed by atoms with Crippen LogP contribution in [0.25, 0.3) is 0 Å². The molecule has 0 atom stereocenters. The topological polar surface area (TPSA) is 21.6 Å². The van der Waals surface area contributed by atoms with Crippen LogP contribution in [0.3, 0.4) is 0 Å². The van der Waals surface area contributed by atoms with Crippen molar-refractivity contribution in [3.63, 3.8) is 0 Å². The van der Waals surface area contributed by atoms with E-state index in [0.29, 0.717) is 17.0 Å². The molecule has 1 aliphatic carbocycles. The lowest BCUT2D eigenvalue weighted by atomic mass is 9.96. The van der Waals surface area contributed by atoms with E-state index in [1.54, 1.807) is 0 Å². The number of nitrogens with zero attached hydrogens (tertiary/aromatic N) is 1. The highest BCUT2D eigenvalue weighted by atomic mass is 28.4. The smallest absolute Gasteiger partial charge is 0.192 e. The van der Waals surface area contributed by atoms with Crippen molar-refractivity contribution in [2.24, 2.45) is 10.9 Å². The van der Waals surface area contributed by atoms with Crippen molar-refractivity contribution in [3.8, 4) is 0 Å².